The second kappa shape index (κ2) is 7.42. The largest absolute Gasteiger partial charge is 0.339 e. The maximum Gasteiger partial charge on any atom is 0.319 e. The molecule has 8 nitrogen and oxygen atoms in total. The lowest BCUT2D eigenvalue weighted by atomic mass is 10.3. The first kappa shape index (κ1) is 17.2. The molecule has 0 aromatic heterocycles. The molecule has 1 atom stereocenters. The van der Waals surface area contributed by atoms with E-state index in [0.29, 0.717) is 25.2 Å². The Bertz CT molecular complexity index is 663. The van der Waals surface area contributed by atoms with Crippen molar-refractivity contribution in [3.63, 3.8) is 0 Å². The Morgan fingerprint density at radius 2 is 2.00 bits per heavy atom. The summed E-state index contributed by atoms with van der Waals surface area (Å²) in [6.45, 7) is 1.09. The summed E-state index contributed by atoms with van der Waals surface area (Å²) in [7, 11) is -3.41. The molecule has 1 fully saturated rings. The lowest BCUT2D eigenvalue weighted by Gasteiger charge is -2.17. The Morgan fingerprint density at radius 1 is 1.30 bits per heavy atom. The number of benzene rings is 1. The number of nitrogens with zero attached hydrogens (tertiary/aromatic N) is 1. The monoisotopic (exact) mass is 340 g/mol. The van der Waals surface area contributed by atoms with Gasteiger partial charge in [-0.15, -0.1) is 0 Å². The van der Waals surface area contributed by atoms with Gasteiger partial charge in [-0.3, -0.25) is 4.79 Å². The third-order valence-electron chi connectivity index (χ3n) is 3.35. The van der Waals surface area contributed by atoms with E-state index in [9.17, 15) is 18.0 Å². The number of rotatable bonds is 6. The van der Waals surface area contributed by atoms with Gasteiger partial charge in [0.05, 0.1) is 6.26 Å². The van der Waals surface area contributed by atoms with Crippen molar-refractivity contribution in [3.05, 3.63) is 30.3 Å². The molecular weight excluding hydrogens is 320 g/mol. The number of hydrogen-bond donors (Lipinski definition) is 3. The summed E-state index contributed by atoms with van der Waals surface area (Å²) in [6.07, 6.45) is 1.46. The minimum atomic E-state index is -3.41. The number of nitrogens with one attached hydrogen (secondary N) is 3. The van der Waals surface area contributed by atoms with Gasteiger partial charge in [-0.05, 0) is 18.6 Å². The first-order valence-corrected chi connectivity index (χ1v) is 9.10. The highest BCUT2D eigenvalue weighted by molar-refractivity contribution is 7.88. The van der Waals surface area contributed by atoms with E-state index in [2.05, 4.69) is 15.4 Å². The normalized spacial score (nSPS) is 18.0. The lowest BCUT2D eigenvalue weighted by molar-refractivity contribution is -0.129. The van der Waals surface area contributed by atoms with E-state index in [4.69, 9.17) is 0 Å². The van der Waals surface area contributed by atoms with Crippen molar-refractivity contribution < 1.29 is 18.0 Å². The Kier molecular flexibility index (Phi) is 5.56. The van der Waals surface area contributed by atoms with Crippen LogP contribution in [-0.2, 0) is 14.8 Å². The fourth-order valence-electron chi connectivity index (χ4n) is 2.33. The van der Waals surface area contributed by atoms with Crippen LogP contribution in [0.4, 0.5) is 10.5 Å². The molecule has 0 spiro atoms. The van der Waals surface area contributed by atoms with Gasteiger partial charge in [0, 0.05) is 25.3 Å². The average molecular weight is 340 g/mol. The van der Waals surface area contributed by atoms with Crippen molar-refractivity contribution in [1.82, 2.24) is 14.9 Å². The predicted molar refractivity (Wildman–Crippen MR) is 86.4 cm³/mol. The Hall–Kier alpha value is -2.13. The fourth-order valence-corrected chi connectivity index (χ4v) is 3.07. The third-order valence-corrected chi connectivity index (χ3v) is 4.07. The molecule has 3 N–H and O–H groups in total. The molecule has 1 unspecified atom stereocenters. The number of carbonyl (C=O) groups is 2. The van der Waals surface area contributed by atoms with Gasteiger partial charge in [0.1, 0.15) is 6.04 Å². The summed E-state index contributed by atoms with van der Waals surface area (Å²) in [6, 6.07) is 7.96. The maximum absolute atomic E-state index is 12.0. The lowest BCUT2D eigenvalue weighted by Crippen LogP contribution is -2.43. The van der Waals surface area contributed by atoms with E-state index in [1.807, 2.05) is 18.2 Å². The summed E-state index contributed by atoms with van der Waals surface area (Å²) < 4.78 is 24.6. The number of hydrogen-bond acceptors (Lipinski definition) is 4. The van der Waals surface area contributed by atoms with Gasteiger partial charge in [0.2, 0.25) is 15.9 Å². The number of urea groups is 1. The van der Waals surface area contributed by atoms with Crippen molar-refractivity contribution in [2.45, 2.75) is 12.5 Å². The quantitative estimate of drug-likeness (QED) is 0.675. The molecule has 1 heterocycles. The van der Waals surface area contributed by atoms with Crippen LogP contribution in [0, 0.1) is 0 Å². The highest BCUT2D eigenvalue weighted by Gasteiger charge is 2.32. The van der Waals surface area contributed by atoms with Crippen LogP contribution in [-0.4, -0.2) is 57.2 Å². The summed E-state index contributed by atoms with van der Waals surface area (Å²) in [5.74, 6) is -0.263. The molecule has 0 aliphatic carbocycles. The predicted octanol–water partition coefficient (Wildman–Crippen LogP) is -0.0418. The number of carbonyl (C=O) groups excluding carboxylic acids is 2. The fraction of sp³-hybridized carbons (Fsp3) is 0.429. The molecule has 1 aromatic carbocycles. The van der Waals surface area contributed by atoms with Crippen LogP contribution in [0.2, 0.25) is 0 Å². The van der Waals surface area contributed by atoms with Crippen molar-refractivity contribution in [3.8, 4) is 0 Å². The molecule has 0 radical (unpaired) electrons. The second-order valence-corrected chi connectivity index (χ2v) is 7.08. The Balaban J connectivity index is 1.72. The molecule has 23 heavy (non-hydrogen) atoms. The SMILES string of the molecule is CS(=O)(=O)NC1CCN(CCNC(=O)Nc2ccccc2)C1=O. The van der Waals surface area contributed by atoms with E-state index in [-0.39, 0.29) is 18.5 Å². The highest BCUT2D eigenvalue weighted by atomic mass is 32.2. The van der Waals surface area contributed by atoms with E-state index in [0.717, 1.165) is 6.26 Å². The minimum absolute atomic E-state index is 0.263. The highest BCUT2D eigenvalue weighted by Crippen LogP contribution is 2.11. The number of sulfonamides is 1. The van der Waals surface area contributed by atoms with Gasteiger partial charge in [-0.2, -0.15) is 0 Å². The average Bonchev–Trinajstić information content (AvgIpc) is 2.79. The maximum atomic E-state index is 12.0. The summed E-state index contributed by atoms with van der Waals surface area (Å²) in [5.41, 5.74) is 0.680. The van der Waals surface area contributed by atoms with Gasteiger partial charge >= 0.3 is 6.03 Å². The summed E-state index contributed by atoms with van der Waals surface area (Å²) in [4.78, 5) is 25.3. The Morgan fingerprint density at radius 3 is 2.65 bits per heavy atom. The molecule has 1 saturated heterocycles. The first-order valence-electron chi connectivity index (χ1n) is 7.21. The molecule has 1 aromatic rings. The third kappa shape index (κ3) is 5.53. The first-order chi connectivity index (χ1) is 10.8. The number of amides is 3. The van der Waals surface area contributed by atoms with Crippen LogP contribution in [0.3, 0.4) is 0 Å². The second-order valence-electron chi connectivity index (χ2n) is 5.30. The molecule has 126 valence electrons. The summed E-state index contributed by atoms with van der Waals surface area (Å²) in [5, 5.41) is 5.33. The molecule has 1 aliphatic rings. The van der Waals surface area contributed by atoms with Gasteiger partial charge in [-0.25, -0.2) is 17.9 Å². The zero-order valence-corrected chi connectivity index (χ0v) is 13.6. The molecule has 3 amide bonds. The summed E-state index contributed by atoms with van der Waals surface area (Å²) >= 11 is 0. The molecule has 1 aliphatic heterocycles. The standard InChI is InChI=1S/C14H20N4O4S/c1-23(21,22)17-12-7-9-18(13(12)19)10-8-15-14(20)16-11-5-3-2-4-6-11/h2-6,12,17H,7-10H2,1H3,(H2,15,16,20). The smallest absolute Gasteiger partial charge is 0.319 e. The van der Waals surface area contributed by atoms with E-state index in [1.165, 1.54) is 4.90 Å². The molecule has 0 bridgehead atoms. The van der Waals surface area contributed by atoms with E-state index >= 15 is 0 Å². The molecule has 0 saturated carbocycles. The van der Waals surface area contributed by atoms with Gasteiger partial charge in [0.15, 0.2) is 0 Å². The zero-order valence-electron chi connectivity index (χ0n) is 12.8. The van der Waals surface area contributed by atoms with Crippen LogP contribution in [0.1, 0.15) is 6.42 Å². The van der Waals surface area contributed by atoms with Crippen LogP contribution < -0.4 is 15.4 Å². The van der Waals surface area contributed by atoms with Crippen LogP contribution in [0.15, 0.2) is 30.3 Å². The zero-order chi connectivity index (χ0) is 16.9. The molecule has 2 rings (SSSR count). The van der Waals surface area contributed by atoms with E-state index < -0.39 is 16.1 Å². The van der Waals surface area contributed by atoms with Crippen molar-refractivity contribution in [1.29, 1.82) is 0 Å². The van der Waals surface area contributed by atoms with Crippen molar-refractivity contribution in [2.75, 3.05) is 31.2 Å². The van der Waals surface area contributed by atoms with Crippen LogP contribution >= 0.6 is 0 Å². The van der Waals surface area contributed by atoms with Crippen LogP contribution in [0.25, 0.3) is 0 Å². The minimum Gasteiger partial charge on any atom is -0.339 e. The topological polar surface area (TPSA) is 108 Å². The van der Waals surface area contributed by atoms with Gasteiger partial charge in [0.25, 0.3) is 0 Å². The van der Waals surface area contributed by atoms with Crippen molar-refractivity contribution >= 4 is 27.6 Å². The number of para-hydroxylation sites is 1. The van der Waals surface area contributed by atoms with Gasteiger partial charge in [-0.1, -0.05) is 18.2 Å². The number of anilines is 1. The van der Waals surface area contributed by atoms with E-state index in [1.54, 1.807) is 12.1 Å². The van der Waals surface area contributed by atoms with Crippen molar-refractivity contribution in [2.24, 2.45) is 0 Å². The van der Waals surface area contributed by atoms with Crippen LogP contribution in [0.5, 0.6) is 0 Å². The molecular formula is C14H20N4O4S. The Labute approximate surface area is 135 Å². The number of likely N-dealkylation sites (tertiary alicyclic amines) is 1. The molecule has 9 heteroatoms. The van der Waals surface area contributed by atoms with Gasteiger partial charge < -0.3 is 15.5 Å².